The van der Waals surface area contributed by atoms with Gasteiger partial charge >= 0.3 is 5.97 Å². The van der Waals surface area contributed by atoms with Gasteiger partial charge < -0.3 is 10.0 Å². The minimum Gasteiger partial charge on any atom is -0.480 e. The molecule has 88 valence electrons. The molecule has 17 heavy (non-hydrogen) atoms. The summed E-state index contributed by atoms with van der Waals surface area (Å²) in [6.45, 7) is 0.704. The van der Waals surface area contributed by atoms with Crippen molar-refractivity contribution in [2.75, 3.05) is 11.4 Å². The molecule has 1 N–H and O–H groups in total. The summed E-state index contributed by atoms with van der Waals surface area (Å²) in [4.78, 5) is 13.1. The van der Waals surface area contributed by atoms with Crippen LogP contribution in [0.1, 0.15) is 24.8 Å². The summed E-state index contributed by atoms with van der Waals surface area (Å²) >= 11 is 0. The maximum Gasteiger partial charge on any atom is 0.326 e. The number of benzene rings is 1. The van der Waals surface area contributed by atoms with Gasteiger partial charge in [0.25, 0.3) is 0 Å². The number of piperidine rings is 1. The SMILES string of the molecule is N#Cc1ccccc1N1CCCC[C@H]1C(=O)O. The molecule has 1 atom stereocenters. The van der Waals surface area contributed by atoms with Gasteiger partial charge in [0.1, 0.15) is 12.1 Å². The molecular weight excluding hydrogens is 216 g/mol. The van der Waals surface area contributed by atoms with E-state index in [2.05, 4.69) is 6.07 Å². The molecule has 2 rings (SSSR count). The lowest BCUT2D eigenvalue weighted by Crippen LogP contribution is -2.45. The molecule has 0 aromatic heterocycles. The van der Waals surface area contributed by atoms with Gasteiger partial charge in [0.2, 0.25) is 0 Å². The Morgan fingerprint density at radius 2 is 2.18 bits per heavy atom. The minimum absolute atomic E-state index is 0.502. The largest absolute Gasteiger partial charge is 0.480 e. The maximum atomic E-state index is 11.2. The van der Waals surface area contributed by atoms with Gasteiger partial charge in [0.15, 0.2) is 0 Å². The van der Waals surface area contributed by atoms with Gasteiger partial charge in [-0.3, -0.25) is 0 Å². The smallest absolute Gasteiger partial charge is 0.326 e. The summed E-state index contributed by atoms with van der Waals surface area (Å²) in [6.07, 6.45) is 2.56. The Kier molecular flexibility index (Phi) is 3.29. The first-order chi connectivity index (χ1) is 8.24. The fourth-order valence-corrected chi connectivity index (χ4v) is 2.30. The topological polar surface area (TPSA) is 64.3 Å². The summed E-state index contributed by atoms with van der Waals surface area (Å²) < 4.78 is 0. The number of carboxylic acids is 1. The Labute approximate surface area is 100 Å². The molecule has 1 saturated heterocycles. The van der Waals surface area contributed by atoms with Gasteiger partial charge in [-0.25, -0.2) is 4.79 Å². The Balaban J connectivity index is 2.36. The lowest BCUT2D eigenvalue weighted by atomic mass is 10.00. The van der Waals surface area contributed by atoms with E-state index in [4.69, 9.17) is 5.26 Å². The van der Waals surface area contributed by atoms with E-state index in [9.17, 15) is 9.90 Å². The summed E-state index contributed by atoms with van der Waals surface area (Å²) in [7, 11) is 0. The Hall–Kier alpha value is -2.02. The lowest BCUT2D eigenvalue weighted by Gasteiger charge is -2.35. The number of para-hydroxylation sites is 1. The van der Waals surface area contributed by atoms with Crippen molar-refractivity contribution in [3.05, 3.63) is 29.8 Å². The van der Waals surface area contributed by atoms with E-state index < -0.39 is 12.0 Å². The summed E-state index contributed by atoms with van der Waals surface area (Å²) in [5.41, 5.74) is 1.28. The van der Waals surface area contributed by atoms with Crippen LogP contribution >= 0.6 is 0 Å². The molecule has 0 unspecified atom stereocenters. The van der Waals surface area contributed by atoms with Gasteiger partial charge in [-0.15, -0.1) is 0 Å². The number of nitriles is 1. The second-order valence-electron chi connectivity index (χ2n) is 4.17. The van der Waals surface area contributed by atoms with E-state index in [1.807, 2.05) is 17.0 Å². The van der Waals surface area contributed by atoms with Crippen LogP contribution in [-0.2, 0) is 4.79 Å². The normalized spacial score (nSPS) is 19.7. The standard InChI is InChI=1S/C13H14N2O2/c14-9-10-5-1-2-6-11(10)15-8-4-3-7-12(15)13(16)17/h1-2,5-6,12H,3-4,7-8H2,(H,16,17)/t12-/m0/s1. The first kappa shape index (κ1) is 11.5. The van der Waals surface area contributed by atoms with Crippen molar-refractivity contribution in [2.45, 2.75) is 25.3 Å². The zero-order valence-corrected chi connectivity index (χ0v) is 9.47. The van der Waals surface area contributed by atoms with Gasteiger partial charge in [-0.05, 0) is 31.4 Å². The van der Waals surface area contributed by atoms with Crippen LogP contribution in [0.3, 0.4) is 0 Å². The molecule has 1 aromatic rings. The highest BCUT2D eigenvalue weighted by Crippen LogP contribution is 2.27. The fraction of sp³-hybridized carbons (Fsp3) is 0.385. The molecule has 4 nitrogen and oxygen atoms in total. The van der Waals surface area contributed by atoms with Crippen molar-refractivity contribution < 1.29 is 9.90 Å². The van der Waals surface area contributed by atoms with Crippen LogP contribution in [0.5, 0.6) is 0 Å². The highest BCUT2D eigenvalue weighted by molar-refractivity contribution is 5.79. The second-order valence-corrected chi connectivity index (χ2v) is 4.17. The van der Waals surface area contributed by atoms with Gasteiger partial charge in [-0.1, -0.05) is 12.1 Å². The van der Waals surface area contributed by atoms with Crippen LogP contribution in [0.2, 0.25) is 0 Å². The third-order valence-corrected chi connectivity index (χ3v) is 3.12. The third kappa shape index (κ3) is 2.23. The average Bonchev–Trinajstić information content (AvgIpc) is 2.38. The average molecular weight is 230 g/mol. The summed E-state index contributed by atoms with van der Waals surface area (Å²) in [5.74, 6) is -0.808. The number of nitrogens with zero attached hydrogens (tertiary/aromatic N) is 2. The molecule has 0 aliphatic carbocycles. The van der Waals surface area contributed by atoms with E-state index in [0.29, 0.717) is 18.5 Å². The highest BCUT2D eigenvalue weighted by atomic mass is 16.4. The molecule has 0 radical (unpaired) electrons. The predicted octanol–water partition coefficient (Wildman–Crippen LogP) is 2.00. The van der Waals surface area contributed by atoms with E-state index in [1.165, 1.54) is 0 Å². The van der Waals surface area contributed by atoms with Crippen LogP contribution in [0.25, 0.3) is 0 Å². The molecule has 0 bridgehead atoms. The van der Waals surface area contributed by atoms with Gasteiger partial charge in [-0.2, -0.15) is 5.26 Å². The minimum atomic E-state index is -0.808. The molecule has 1 aliphatic rings. The number of hydrogen-bond acceptors (Lipinski definition) is 3. The maximum absolute atomic E-state index is 11.2. The monoisotopic (exact) mass is 230 g/mol. The number of rotatable bonds is 2. The number of hydrogen-bond donors (Lipinski definition) is 1. The zero-order chi connectivity index (χ0) is 12.3. The van der Waals surface area contributed by atoms with Crippen LogP contribution in [0.4, 0.5) is 5.69 Å². The lowest BCUT2D eigenvalue weighted by molar-refractivity contribution is -0.139. The van der Waals surface area contributed by atoms with E-state index in [1.54, 1.807) is 12.1 Å². The number of carboxylic acid groups (broad SMARTS) is 1. The summed E-state index contributed by atoms with van der Waals surface area (Å²) in [6, 6.07) is 8.79. The molecule has 0 saturated carbocycles. The van der Waals surface area contributed by atoms with Gasteiger partial charge in [0.05, 0.1) is 11.3 Å². The summed E-state index contributed by atoms with van der Waals surface area (Å²) in [5, 5.41) is 18.3. The van der Waals surface area contributed by atoms with Crippen LogP contribution in [-0.4, -0.2) is 23.7 Å². The van der Waals surface area contributed by atoms with E-state index in [-0.39, 0.29) is 0 Å². The van der Waals surface area contributed by atoms with E-state index >= 15 is 0 Å². The Morgan fingerprint density at radius 1 is 1.41 bits per heavy atom. The molecule has 1 aliphatic heterocycles. The molecule has 4 heteroatoms. The molecule has 0 spiro atoms. The molecule has 1 fully saturated rings. The van der Waals surface area contributed by atoms with Crippen LogP contribution in [0, 0.1) is 11.3 Å². The quantitative estimate of drug-likeness (QED) is 0.844. The van der Waals surface area contributed by atoms with E-state index in [0.717, 1.165) is 18.5 Å². The Morgan fingerprint density at radius 3 is 2.88 bits per heavy atom. The predicted molar refractivity (Wildman–Crippen MR) is 63.8 cm³/mol. The first-order valence-electron chi connectivity index (χ1n) is 5.72. The van der Waals surface area contributed by atoms with Crippen molar-refractivity contribution in [3.8, 4) is 6.07 Å². The fourth-order valence-electron chi connectivity index (χ4n) is 2.30. The molecule has 0 amide bonds. The highest BCUT2D eigenvalue weighted by Gasteiger charge is 2.29. The number of aliphatic carboxylic acids is 1. The van der Waals surface area contributed by atoms with Gasteiger partial charge in [0, 0.05) is 6.54 Å². The number of anilines is 1. The van der Waals surface area contributed by atoms with Crippen molar-refractivity contribution in [1.82, 2.24) is 0 Å². The first-order valence-corrected chi connectivity index (χ1v) is 5.72. The number of carbonyl (C=O) groups is 1. The van der Waals surface area contributed by atoms with Crippen LogP contribution < -0.4 is 4.90 Å². The molecule has 1 heterocycles. The van der Waals surface area contributed by atoms with Crippen molar-refractivity contribution >= 4 is 11.7 Å². The second kappa shape index (κ2) is 4.88. The Bertz CT molecular complexity index is 465. The molecule has 1 aromatic carbocycles. The van der Waals surface area contributed by atoms with Crippen molar-refractivity contribution in [1.29, 1.82) is 5.26 Å². The van der Waals surface area contributed by atoms with Crippen molar-refractivity contribution in [3.63, 3.8) is 0 Å². The third-order valence-electron chi connectivity index (χ3n) is 3.12. The van der Waals surface area contributed by atoms with Crippen LogP contribution in [0.15, 0.2) is 24.3 Å². The zero-order valence-electron chi connectivity index (χ0n) is 9.47. The van der Waals surface area contributed by atoms with Crippen molar-refractivity contribution in [2.24, 2.45) is 0 Å². The molecular formula is C13H14N2O2.